The highest BCUT2D eigenvalue weighted by atomic mass is 16.6. The number of esters is 2. The lowest BCUT2D eigenvalue weighted by atomic mass is 10.2. The van der Waals surface area contributed by atoms with E-state index in [2.05, 4.69) is 4.74 Å². The van der Waals surface area contributed by atoms with Gasteiger partial charge in [0, 0.05) is 11.6 Å². The summed E-state index contributed by atoms with van der Waals surface area (Å²) in [6.07, 6.45) is 2.05. The summed E-state index contributed by atoms with van der Waals surface area (Å²) in [5, 5.41) is 8.46. The number of carboxylic acid groups (broad SMARTS) is 1. The Bertz CT molecular complexity index is 348. The van der Waals surface area contributed by atoms with Crippen molar-refractivity contribution in [2.45, 2.75) is 6.92 Å². The smallest absolute Gasteiger partial charge is 0.346 e. The zero-order chi connectivity index (χ0) is 10.0. The van der Waals surface area contributed by atoms with Crippen molar-refractivity contribution in [1.29, 1.82) is 0 Å². The molecule has 68 valence electrons. The summed E-state index contributed by atoms with van der Waals surface area (Å²) in [5.74, 6) is -2.73. The van der Waals surface area contributed by atoms with Crippen LogP contribution in [0.2, 0.25) is 0 Å². The minimum absolute atomic E-state index is 0.0297. The van der Waals surface area contributed by atoms with Gasteiger partial charge in [0.05, 0.1) is 5.57 Å². The van der Waals surface area contributed by atoms with Gasteiger partial charge >= 0.3 is 17.9 Å². The van der Waals surface area contributed by atoms with E-state index < -0.39 is 17.9 Å². The molecule has 5 nitrogen and oxygen atoms in total. The van der Waals surface area contributed by atoms with Crippen LogP contribution < -0.4 is 0 Å². The molecular weight excluding hydrogens is 176 g/mol. The van der Waals surface area contributed by atoms with Crippen molar-refractivity contribution in [3.63, 3.8) is 0 Å². The number of hydrogen-bond acceptors (Lipinski definition) is 4. The number of aliphatic carboxylic acids is 1. The number of rotatable bonds is 2. The van der Waals surface area contributed by atoms with Crippen LogP contribution in [0.1, 0.15) is 6.92 Å². The third-order valence-electron chi connectivity index (χ3n) is 1.41. The molecule has 0 aromatic carbocycles. The van der Waals surface area contributed by atoms with Gasteiger partial charge < -0.3 is 9.84 Å². The second kappa shape index (κ2) is 3.22. The van der Waals surface area contributed by atoms with Crippen molar-refractivity contribution in [2.24, 2.45) is 0 Å². The molecule has 1 N–H and O–H groups in total. The van der Waals surface area contributed by atoms with Crippen LogP contribution in [0.25, 0.3) is 0 Å². The molecule has 0 bridgehead atoms. The van der Waals surface area contributed by atoms with E-state index in [0.29, 0.717) is 0 Å². The number of cyclic esters (lactones) is 2. The monoisotopic (exact) mass is 182 g/mol. The number of ether oxygens (including phenoxy) is 1. The molecule has 0 aromatic heterocycles. The minimum Gasteiger partial charge on any atom is -0.478 e. The normalized spacial score (nSPS) is 17.0. The Morgan fingerprint density at radius 1 is 1.54 bits per heavy atom. The first-order chi connectivity index (χ1) is 6.00. The summed E-state index contributed by atoms with van der Waals surface area (Å²) in [4.78, 5) is 31.7. The predicted octanol–water partition coefficient (Wildman–Crippen LogP) is 0.0271. The maximum absolute atomic E-state index is 10.8. The summed E-state index contributed by atoms with van der Waals surface area (Å²) >= 11 is 0. The quantitative estimate of drug-likeness (QED) is 0.370. The molecule has 5 heteroatoms. The van der Waals surface area contributed by atoms with E-state index in [-0.39, 0.29) is 11.1 Å². The number of carbonyl (C=O) groups is 3. The fourth-order valence-corrected chi connectivity index (χ4v) is 0.761. The molecule has 0 atom stereocenters. The molecule has 1 rings (SSSR count). The average Bonchev–Trinajstić information content (AvgIpc) is 2.30. The first-order valence-corrected chi connectivity index (χ1v) is 3.40. The van der Waals surface area contributed by atoms with Gasteiger partial charge in [0.1, 0.15) is 0 Å². The lowest BCUT2D eigenvalue weighted by molar-refractivity contribution is -0.150. The molecule has 0 aromatic rings. The van der Waals surface area contributed by atoms with Crippen LogP contribution in [0.5, 0.6) is 0 Å². The predicted molar refractivity (Wildman–Crippen MR) is 40.6 cm³/mol. The zero-order valence-electron chi connectivity index (χ0n) is 6.73. The fourth-order valence-electron chi connectivity index (χ4n) is 0.761. The Labute approximate surface area is 73.3 Å². The van der Waals surface area contributed by atoms with Crippen molar-refractivity contribution < 1.29 is 24.2 Å². The molecule has 0 saturated carbocycles. The third kappa shape index (κ3) is 2.02. The Morgan fingerprint density at radius 3 is 2.54 bits per heavy atom. The second-order valence-electron chi connectivity index (χ2n) is 2.44. The largest absolute Gasteiger partial charge is 0.478 e. The highest BCUT2D eigenvalue weighted by Crippen LogP contribution is 2.11. The van der Waals surface area contributed by atoms with Gasteiger partial charge in [-0.2, -0.15) is 0 Å². The van der Waals surface area contributed by atoms with E-state index >= 15 is 0 Å². The second-order valence-corrected chi connectivity index (χ2v) is 2.44. The van der Waals surface area contributed by atoms with E-state index in [1.54, 1.807) is 0 Å². The zero-order valence-corrected chi connectivity index (χ0v) is 6.73. The summed E-state index contributed by atoms with van der Waals surface area (Å²) < 4.78 is 4.15. The van der Waals surface area contributed by atoms with Crippen LogP contribution in [0, 0.1) is 0 Å². The van der Waals surface area contributed by atoms with Crippen LogP contribution in [-0.2, 0) is 19.1 Å². The van der Waals surface area contributed by atoms with Gasteiger partial charge in [0.2, 0.25) is 0 Å². The van der Waals surface area contributed by atoms with E-state index in [9.17, 15) is 14.4 Å². The Morgan fingerprint density at radius 2 is 2.15 bits per heavy atom. The molecule has 0 unspecified atom stereocenters. The summed E-state index contributed by atoms with van der Waals surface area (Å²) in [5.41, 5.74) is -0.0669. The summed E-state index contributed by atoms with van der Waals surface area (Å²) in [6, 6.07) is 0. The van der Waals surface area contributed by atoms with Crippen LogP contribution in [0.3, 0.4) is 0 Å². The maximum Gasteiger partial charge on any atom is 0.346 e. The van der Waals surface area contributed by atoms with Gasteiger partial charge in [0.25, 0.3) is 0 Å². The summed E-state index contributed by atoms with van der Waals surface area (Å²) in [6.45, 7) is 1.32. The van der Waals surface area contributed by atoms with Crippen LogP contribution >= 0.6 is 0 Å². The van der Waals surface area contributed by atoms with Crippen LogP contribution in [-0.4, -0.2) is 23.0 Å². The number of carbonyl (C=O) groups excluding carboxylic acids is 2. The first kappa shape index (κ1) is 9.18. The fraction of sp³-hybridized carbons (Fsp3) is 0.125. The van der Waals surface area contributed by atoms with Crippen molar-refractivity contribution in [2.75, 3.05) is 0 Å². The van der Waals surface area contributed by atoms with E-state index in [1.165, 1.54) is 6.92 Å². The first-order valence-electron chi connectivity index (χ1n) is 3.40. The van der Waals surface area contributed by atoms with Gasteiger partial charge in [-0.25, -0.2) is 14.4 Å². The van der Waals surface area contributed by atoms with E-state index in [0.717, 1.165) is 12.2 Å². The molecule has 1 heterocycles. The summed E-state index contributed by atoms with van der Waals surface area (Å²) in [7, 11) is 0. The third-order valence-corrected chi connectivity index (χ3v) is 1.41. The topological polar surface area (TPSA) is 80.7 Å². The van der Waals surface area contributed by atoms with Gasteiger partial charge in [-0.15, -0.1) is 0 Å². The van der Waals surface area contributed by atoms with Crippen molar-refractivity contribution >= 4 is 17.9 Å². The number of carboxylic acids is 1. The van der Waals surface area contributed by atoms with Crippen molar-refractivity contribution in [3.05, 3.63) is 23.3 Å². The van der Waals surface area contributed by atoms with Crippen LogP contribution in [0.15, 0.2) is 23.3 Å². The maximum atomic E-state index is 10.8. The molecule has 0 spiro atoms. The van der Waals surface area contributed by atoms with E-state index in [1.807, 2.05) is 0 Å². The molecular formula is C8H6O5. The molecule has 0 amide bonds. The van der Waals surface area contributed by atoms with Gasteiger partial charge in [0.15, 0.2) is 0 Å². The Hall–Kier alpha value is -1.91. The Kier molecular flexibility index (Phi) is 2.27. The molecule has 0 radical (unpaired) electrons. The highest BCUT2D eigenvalue weighted by molar-refractivity contribution is 6.11. The van der Waals surface area contributed by atoms with Crippen molar-refractivity contribution in [3.8, 4) is 0 Å². The average molecular weight is 182 g/mol. The SMILES string of the molecule is C/C(=C\C1=CC(=O)OC1=O)C(=O)O. The molecule has 0 fully saturated rings. The van der Waals surface area contributed by atoms with Crippen molar-refractivity contribution in [1.82, 2.24) is 0 Å². The molecule has 0 saturated heterocycles. The van der Waals surface area contributed by atoms with Crippen LogP contribution in [0.4, 0.5) is 0 Å². The molecule has 1 aliphatic heterocycles. The van der Waals surface area contributed by atoms with Gasteiger partial charge in [-0.1, -0.05) is 0 Å². The lowest BCUT2D eigenvalue weighted by Crippen LogP contribution is -2.02. The standard InChI is InChI=1S/C8H6O5/c1-4(7(10)11)2-5-3-6(9)13-8(5)12/h2-3H,1H3,(H,10,11)/b4-2+. The lowest BCUT2D eigenvalue weighted by Gasteiger charge is -1.92. The number of hydrogen-bond donors (Lipinski definition) is 1. The van der Waals surface area contributed by atoms with Gasteiger partial charge in [-0.05, 0) is 13.0 Å². The van der Waals surface area contributed by atoms with E-state index in [4.69, 9.17) is 5.11 Å². The minimum atomic E-state index is -1.15. The Balaban J connectivity index is 2.92. The highest BCUT2D eigenvalue weighted by Gasteiger charge is 2.22. The van der Waals surface area contributed by atoms with Gasteiger partial charge in [-0.3, -0.25) is 0 Å². The molecule has 13 heavy (non-hydrogen) atoms. The molecule has 1 aliphatic rings. The molecule has 0 aliphatic carbocycles.